The van der Waals surface area contributed by atoms with Crippen molar-refractivity contribution in [1.82, 2.24) is 0 Å². The van der Waals surface area contributed by atoms with Gasteiger partial charge in [0.15, 0.2) is 0 Å². The Balaban J connectivity index is 2.94. The lowest BCUT2D eigenvalue weighted by Gasteiger charge is -2.06. The summed E-state index contributed by atoms with van der Waals surface area (Å²) < 4.78 is 1.13. The van der Waals surface area contributed by atoms with E-state index in [1.807, 2.05) is 12.3 Å². The van der Waals surface area contributed by atoms with Crippen LogP contribution in [0.5, 0.6) is 0 Å². The monoisotopic (exact) mass is 234 g/mol. The minimum absolute atomic E-state index is 0.00806. The van der Waals surface area contributed by atoms with E-state index in [1.165, 1.54) is 10.4 Å². The number of nitrogens with two attached hydrogens (primary N) is 2. The fourth-order valence-electron chi connectivity index (χ4n) is 0.882. The summed E-state index contributed by atoms with van der Waals surface area (Å²) in [5, 5.41) is 2.04. The molecule has 0 aliphatic carbocycles. The third-order valence-electron chi connectivity index (χ3n) is 1.61. The third-order valence-corrected chi connectivity index (χ3v) is 3.95. The average Bonchev–Trinajstić information content (AvgIpc) is 2.32. The van der Waals surface area contributed by atoms with Gasteiger partial charge >= 0.3 is 0 Å². The van der Waals surface area contributed by atoms with Crippen LogP contribution in [-0.2, 0) is 0 Å². The quantitative estimate of drug-likeness (QED) is 0.820. The highest BCUT2D eigenvalue weighted by Crippen LogP contribution is 2.29. The van der Waals surface area contributed by atoms with Gasteiger partial charge in [0.2, 0.25) is 0 Å². The SMILES string of the molecule is Cc1c(Br)csc1C(N)CN. The van der Waals surface area contributed by atoms with Crippen molar-refractivity contribution < 1.29 is 0 Å². The molecule has 0 aliphatic rings. The van der Waals surface area contributed by atoms with Gasteiger partial charge in [0.05, 0.1) is 6.04 Å². The van der Waals surface area contributed by atoms with Gasteiger partial charge in [-0.1, -0.05) is 0 Å². The highest BCUT2D eigenvalue weighted by molar-refractivity contribution is 9.10. The van der Waals surface area contributed by atoms with E-state index in [0.29, 0.717) is 6.54 Å². The van der Waals surface area contributed by atoms with Gasteiger partial charge in [-0.3, -0.25) is 0 Å². The van der Waals surface area contributed by atoms with Crippen LogP contribution in [0.15, 0.2) is 9.85 Å². The Hall–Kier alpha value is 0.1000. The van der Waals surface area contributed by atoms with Crippen LogP contribution in [0.1, 0.15) is 16.5 Å². The van der Waals surface area contributed by atoms with Crippen LogP contribution < -0.4 is 11.5 Å². The molecular formula is C7H11BrN2S. The van der Waals surface area contributed by atoms with Gasteiger partial charge in [-0.15, -0.1) is 11.3 Å². The van der Waals surface area contributed by atoms with Gasteiger partial charge in [0.25, 0.3) is 0 Å². The van der Waals surface area contributed by atoms with Crippen LogP contribution in [0.25, 0.3) is 0 Å². The molecule has 1 heterocycles. The predicted octanol–water partition coefficient (Wildman–Crippen LogP) is 1.78. The van der Waals surface area contributed by atoms with Crippen LogP contribution in [0.2, 0.25) is 0 Å². The van der Waals surface area contributed by atoms with Gasteiger partial charge in [0, 0.05) is 21.3 Å². The van der Waals surface area contributed by atoms with E-state index < -0.39 is 0 Å². The van der Waals surface area contributed by atoms with E-state index in [9.17, 15) is 0 Å². The predicted molar refractivity (Wildman–Crippen MR) is 52.7 cm³/mol. The maximum atomic E-state index is 5.77. The molecule has 11 heavy (non-hydrogen) atoms. The Morgan fingerprint density at radius 3 is 2.73 bits per heavy atom. The Morgan fingerprint density at radius 1 is 1.73 bits per heavy atom. The first-order chi connectivity index (χ1) is 5.16. The molecule has 0 spiro atoms. The van der Waals surface area contributed by atoms with Crippen molar-refractivity contribution in [2.75, 3.05) is 6.54 Å². The number of halogens is 1. The van der Waals surface area contributed by atoms with Gasteiger partial charge < -0.3 is 11.5 Å². The van der Waals surface area contributed by atoms with E-state index in [1.54, 1.807) is 11.3 Å². The molecule has 2 nitrogen and oxygen atoms in total. The minimum atomic E-state index is -0.00806. The highest BCUT2D eigenvalue weighted by atomic mass is 79.9. The number of rotatable bonds is 2. The summed E-state index contributed by atoms with van der Waals surface area (Å²) in [6, 6.07) is -0.00806. The van der Waals surface area contributed by atoms with Crippen LogP contribution in [0.4, 0.5) is 0 Å². The maximum absolute atomic E-state index is 5.77. The first-order valence-corrected chi connectivity index (χ1v) is 5.03. The van der Waals surface area contributed by atoms with Crippen molar-refractivity contribution in [3.63, 3.8) is 0 Å². The molecular weight excluding hydrogens is 224 g/mol. The van der Waals surface area contributed by atoms with Crippen LogP contribution >= 0.6 is 27.3 Å². The smallest absolute Gasteiger partial charge is 0.0517 e. The molecule has 0 fully saturated rings. The minimum Gasteiger partial charge on any atom is -0.329 e. The van der Waals surface area contributed by atoms with Crippen molar-refractivity contribution in [2.24, 2.45) is 11.5 Å². The van der Waals surface area contributed by atoms with Crippen molar-refractivity contribution in [3.8, 4) is 0 Å². The molecule has 1 aromatic heterocycles. The normalized spacial score (nSPS) is 13.5. The summed E-state index contributed by atoms with van der Waals surface area (Å²) in [6.07, 6.45) is 0. The van der Waals surface area contributed by atoms with Gasteiger partial charge in [-0.05, 0) is 28.4 Å². The van der Waals surface area contributed by atoms with Crippen molar-refractivity contribution in [2.45, 2.75) is 13.0 Å². The van der Waals surface area contributed by atoms with Crippen LogP contribution in [0, 0.1) is 6.92 Å². The van der Waals surface area contributed by atoms with E-state index in [-0.39, 0.29) is 6.04 Å². The van der Waals surface area contributed by atoms with Crippen molar-refractivity contribution >= 4 is 27.3 Å². The van der Waals surface area contributed by atoms with Gasteiger partial charge in [0.1, 0.15) is 0 Å². The van der Waals surface area contributed by atoms with E-state index in [2.05, 4.69) is 15.9 Å². The lowest BCUT2D eigenvalue weighted by molar-refractivity contribution is 0.747. The van der Waals surface area contributed by atoms with Gasteiger partial charge in [-0.2, -0.15) is 0 Å². The van der Waals surface area contributed by atoms with Crippen LogP contribution in [0.3, 0.4) is 0 Å². The Bertz CT molecular complexity index is 247. The largest absolute Gasteiger partial charge is 0.329 e. The maximum Gasteiger partial charge on any atom is 0.0517 e. The standard InChI is InChI=1S/C7H11BrN2S/c1-4-5(8)3-11-7(4)6(10)2-9/h3,6H,2,9-10H2,1H3. The highest BCUT2D eigenvalue weighted by Gasteiger charge is 2.10. The Labute approximate surface area is 78.7 Å². The topological polar surface area (TPSA) is 52.0 Å². The third kappa shape index (κ3) is 1.82. The zero-order valence-corrected chi connectivity index (χ0v) is 8.71. The first kappa shape index (κ1) is 9.19. The fraction of sp³-hybridized carbons (Fsp3) is 0.429. The van der Waals surface area contributed by atoms with E-state index >= 15 is 0 Å². The summed E-state index contributed by atoms with van der Waals surface area (Å²) >= 11 is 5.08. The summed E-state index contributed by atoms with van der Waals surface area (Å²) in [7, 11) is 0. The summed E-state index contributed by atoms with van der Waals surface area (Å²) in [5.41, 5.74) is 12.4. The number of thiophene rings is 1. The molecule has 0 amide bonds. The lowest BCUT2D eigenvalue weighted by atomic mass is 10.2. The molecule has 62 valence electrons. The molecule has 1 rings (SSSR count). The summed E-state index contributed by atoms with van der Waals surface area (Å²) in [4.78, 5) is 1.18. The molecule has 0 aliphatic heterocycles. The van der Waals surface area contributed by atoms with E-state index in [0.717, 1.165) is 4.47 Å². The first-order valence-electron chi connectivity index (χ1n) is 3.36. The fourth-order valence-corrected chi connectivity index (χ4v) is 2.47. The average molecular weight is 235 g/mol. The Kier molecular flexibility index (Phi) is 3.06. The molecule has 1 aromatic rings. The molecule has 0 aromatic carbocycles. The second-order valence-corrected chi connectivity index (χ2v) is 4.18. The second kappa shape index (κ2) is 3.67. The molecule has 0 bridgehead atoms. The van der Waals surface area contributed by atoms with E-state index in [4.69, 9.17) is 11.5 Å². The van der Waals surface area contributed by atoms with Crippen molar-refractivity contribution in [1.29, 1.82) is 0 Å². The Morgan fingerprint density at radius 2 is 2.36 bits per heavy atom. The molecule has 0 saturated heterocycles. The van der Waals surface area contributed by atoms with Crippen molar-refractivity contribution in [3.05, 3.63) is 20.3 Å². The molecule has 0 saturated carbocycles. The molecule has 1 unspecified atom stereocenters. The lowest BCUT2D eigenvalue weighted by Crippen LogP contribution is -2.20. The summed E-state index contributed by atoms with van der Waals surface area (Å²) in [6.45, 7) is 2.55. The number of hydrogen-bond acceptors (Lipinski definition) is 3. The zero-order valence-electron chi connectivity index (χ0n) is 6.30. The molecule has 1 atom stereocenters. The molecule has 4 heteroatoms. The number of hydrogen-bond donors (Lipinski definition) is 2. The zero-order chi connectivity index (χ0) is 8.43. The molecule has 4 N–H and O–H groups in total. The molecule has 0 radical (unpaired) electrons. The second-order valence-electron chi connectivity index (χ2n) is 2.42. The van der Waals surface area contributed by atoms with Gasteiger partial charge in [-0.25, -0.2) is 0 Å². The summed E-state index contributed by atoms with van der Waals surface area (Å²) in [5.74, 6) is 0. The van der Waals surface area contributed by atoms with Crippen LogP contribution in [-0.4, -0.2) is 6.54 Å².